The SMILES string of the molecule is CCOC(=O)C1CCN(C(=O)c2ccc(S(=O)(=O)Nc3ccc(C)cc3)cc2)CC1. The normalized spacial score (nSPS) is 14.9. The first-order chi connectivity index (χ1) is 14.3. The van der Waals surface area contributed by atoms with E-state index in [4.69, 9.17) is 4.74 Å². The molecular weight excluding hydrogens is 404 g/mol. The molecule has 3 rings (SSSR count). The van der Waals surface area contributed by atoms with E-state index < -0.39 is 10.0 Å². The average molecular weight is 431 g/mol. The van der Waals surface area contributed by atoms with Gasteiger partial charge in [-0.25, -0.2) is 8.42 Å². The minimum absolute atomic E-state index is 0.0839. The molecule has 1 amide bonds. The molecule has 0 atom stereocenters. The third-order valence-electron chi connectivity index (χ3n) is 5.12. The van der Waals surface area contributed by atoms with Crippen LogP contribution in [0.5, 0.6) is 0 Å². The number of piperidine rings is 1. The molecule has 8 heteroatoms. The van der Waals surface area contributed by atoms with Crippen LogP contribution < -0.4 is 4.72 Å². The molecule has 0 aliphatic carbocycles. The van der Waals surface area contributed by atoms with Crippen LogP contribution in [-0.4, -0.2) is 44.9 Å². The molecule has 1 aliphatic rings. The summed E-state index contributed by atoms with van der Waals surface area (Å²) in [7, 11) is -3.74. The third-order valence-corrected chi connectivity index (χ3v) is 6.51. The standard InChI is InChI=1S/C22H26N2O5S/c1-3-29-22(26)18-12-14-24(15-13-18)21(25)17-6-10-20(11-7-17)30(27,28)23-19-8-4-16(2)5-9-19/h4-11,18,23H,3,12-15H2,1-2H3. The summed E-state index contributed by atoms with van der Waals surface area (Å²) >= 11 is 0. The first-order valence-electron chi connectivity index (χ1n) is 9.95. The predicted molar refractivity (Wildman–Crippen MR) is 114 cm³/mol. The minimum atomic E-state index is -3.74. The Morgan fingerprint density at radius 2 is 1.63 bits per heavy atom. The summed E-state index contributed by atoms with van der Waals surface area (Å²) in [6.07, 6.45) is 1.13. The van der Waals surface area contributed by atoms with Crippen LogP contribution >= 0.6 is 0 Å². The molecule has 0 saturated carbocycles. The minimum Gasteiger partial charge on any atom is -0.466 e. The molecule has 0 spiro atoms. The fraction of sp³-hybridized carbons (Fsp3) is 0.364. The Bertz CT molecular complexity index is 993. The number of esters is 1. The second-order valence-electron chi connectivity index (χ2n) is 7.31. The van der Waals surface area contributed by atoms with Crippen LogP contribution in [0.2, 0.25) is 0 Å². The number of hydrogen-bond acceptors (Lipinski definition) is 5. The highest BCUT2D eigenvalue weighted by Crippen LogP contribution is 2.22. The van der Waals surface area contributed by atoms with E-state index in [1.54, 1.807) is 24.0 Å². The van der Waals surface area contributed by atoms with Crippen LogP contribution in [0.4, 0.5) is 5.69 Å². The van der Waals surface area contributed by atoms with E-state index in [-0.39, 0.29) is 22.7 Å². The first kappa shape index (κ1) is 21.8. The Morgan fingerprint density at radius 1 is 1.03 bits per heavy atom. The Kier molecular flexibility index (Phi) is 6.77. The smallest absolute Gasteiger partial charge is 0.309 e. The van der Waals surface area contributed by atoms with Crippen molar-refractivity contribution in [2.75, 3.05) is 24.4 Å². The van der Waals surface area contributed by atoms with Crippen molar-refractivity contribution in [1.29, 1.82) is 0 Å². The van der Waals surface area contributed by atoms with Crippen LogP contribution in [0.3, 0.4) is 0 Å². The number of rotatable bonds is 6. The van der Waals surface area contributed by atoms with Crippen molar-refractivity contribution >= 4 is 27.6 Å². The molecule has 160 valence electrons. The molecule has 0 bridgehead atoms. The summed E-state index contributed by atoms with van der Waals surface area (Å²) in [5.41, 5.74) is 1.93. The molecule has 0 radical (unpaired) electrons. The lowest BCUT2D eigenvalue weighted by molar-refractivity contribution is -0.149. The number of hydrogen-bond donors (Lipinski definition) is 1. The highest BCUT2D eigenvalue weighted by Gasteiger charge is 2.28. The van der Waals surface area contributed by atoms with E-state index >= 15 is 0 Å². The van der Waals surface area contributed by atoms with Gasteiger partial charge < -0.3 is 9.64 Å². The van der Waals surface area contributed by atoms with Gasteiger partial charge in [0, 0.05) is 24.3 Å². The summed E-state index contributed by atoms with van der Waals surface area (Å²) in [5, 5.41) is 0. The summed E-state index contributed by atoms with van der Waals surface area (Å²) in [4.78, 5) is 26.3. The van der Waals surface area contributed by atoms with Gasteiger partial charge in [0.1, 0.15) is 0 Å². The fourth-order valence-corrected chi connectivity index (χ4v) is 4.43. The van der Waals surface area contributed by atoms with E-state index in [9.17, 15) is 18.0 Å². The maximum Gasteiger partial charge on any atom is 0.309 e. The van der Waals surface area contributed by atoms with Crippen molar-refractivity contribution in [2.24, 2.45) is 5.92 Å². The van der Waals surface area contributed by atoms with Gasteiger partial charge in [0.2, 0.25) is 0 Å². The Hall–Kier alpha value is -2.87. The lowest BCUT2D eigenvalue weighted by Gasteiger charge is -2.31. The van der Waals surface area contributed by atoms with Gasteiger partial charge in [0.25, 0.3) is 15.9 Å². The molecule has 0 aromatic heterocycles. The number of nitrogens with zero attached hydrogens (tertiary/aromatic N) is 1. The predicted octanol–water partition coefficient (Wildman–Crippen LogP) is 3.21. The van der Waals surface area contributed by atoms with Crippen LogP contribution in [0, 0.1) is 12.8 Å². The van der Waals surface area contributed by atoms with E-state index in [1.807, 2.05) is 19.1 Å². The Labute approximate surface area is 177 Å². The molecule has 7 nitrogen and oxygen atoms in total. The van der Waals surface area contributed by atoms with Crippen LogP contribution in [0.1, 0.15) is 35.7 Å². The van der Waals surface area contributed by atoms with Crippen LogP contribution in [0.15, 0.2) is 53.4 Å². The molecule has 1 fully saturated rings. The van der Waals surface area contributed by atoms with Gasteiger partial charge >= 0.3 is 5.97 Å². The molecule has 1 N–H and O–H groups in total. The van der Waals surface area contributed by atoms with Crippen molar-refractivity contribution in [2.45, 2.75) is 31.6 Å². The number of benzene rings is 2. The highest BCUT2D eigenvalue weighted by atomic mass is 32.2. The van der Waals surface area contributed by atoms with E-state index in [1.165, 1.54) is 24.3 Å². The first-order valence-corrected chi connectivity index (χ1v) is 11.4. The van der Waals surface area contributed by atoms with Gasteiger partial charge in [-0.2, -0.15) is 0 Å². The number of amides is 1. The average Bonchev–Trinajstić information content (AvgIpc) is 2.75. The number of ether oxygens (including phenoxy) is 1. The van der Waals surface area contributed by atoms with E-state index in [0.717, 1.165) is 5.56 Å². The topological polar surface area (TPSA) is 92.8 Å². The number of carbonyl (C=O) groups is 2. The maximum absolute atomic E-state index is 12.7. The monoisotopic (exact) mass is 430 g/mol. The molecule has 2 aromatic carbocycles. The number of likely N-dealkylation sites (tertiary alicyclic amines) is 1. The van der Waals surface area contributed by atoms with Crippen molar-refractivity contribution < 1.29 is 22.7 Å². The van der Waals surface area contributed by atoms with Gasteiger partial charge in [-0.3, -0.25) is 14.3 Å². The summed E-state index contributed by atoms with van der Waals surface area (Å²) in [6.45, 7) is 4.99. The fourth-order valence-electron chi connectivity index (χ4n) is 3.37. The highest BCUT2D eigenvalue weighted by molar-refractivity contribution is 7.92. The van der Waals surface area contributed by atoms with E-state index in [2.05, 4.69) is 4.72 Å². The van der Waals surface area contributed by atoms with Gasteiger partial charge in [0.15, 0.2) is 0 Å². The summed E-state index contributed by atoms with van der Waals surface area (Å²) in [6, 6.07) is 12.9. The molecular formula is C22H26N2O5S. The van der Waals surface area contributed by atoms with Gasteiger partial charge in [-0.1, -0.05) is 17.7 Å². The van der Waals surface area contributed by atoms with Gasteiger partial charge in [0.05, 0.1) is 17.4 Å². The molecule has 2 aromatic rings. The molecule has 1 aliphatic heterocycles. The van der Waals surface area contributed by atoms with Crippen LogP contribution in [0.25, 0.3) is 0 Å². The molecule has 1 heterocycles. The second kappa shape index (κ2) is 9.30. The van der Waals surface area contributed by atoms with Crippen molar-refractivity contribution in [3.8, 4) is 0 Å². The number of sulfonamides is 1. The zero-order chi connectivity index (χ0) is 21.7. The lowest BCUT2D eigenvalue weighted by atomic mass is 9.96. The maximum atomic E-state index is 12.7. The van der Waals surface area contributed by atoms with Gasteiger partial charge in [-0.15, -0.1) is 0 Å². The molecule has 30 heavy (non-hydrogen) atoms. The molecule has 1 saturated heterocycles. The van der Waals surface area contributed by atoms with Crippen molar-refractivity contribution in [1.82, 2.24) is 4.90 Å². The van der Waals surface area contributed by atoms with E-state index in [0.29, 0.717) is 43.8 Å². The third kappa shape index (κ3) is 5.18. The Balaban J connectivity index is 1.63. The zero-order valence-corrected chi connectivity index (χ0v) is 17.9. The van der Waals surface area contributed by atoms with Crippen molar-refractivity contribution in [3.05, 3.63) is 59.7 Å². The zero-order valence-electron chi connectivity index (χ0n) is 17.1. The van der Waals surface area contributed by atoms with Gasteiger partial charge in [-0.05, 0) is 63.1 Å². The lowest BCUT2D eigenvalue weighted by Crippen LogP contribution is -2.40. The largest absolute Gasteiger partial charge is 0.466 e. The second-order valence-corrected chi connectivity index (χ2v) is 9.00. The number of nitrogens with one attached hydrogen (secondary N) is 1. The number of aryl methyl sites for hydroxylation is 1. The van der Waals surface area contributed by atoms with Crippen LogP contribution in [-0.2, 0) is 19.6 Å². The number of anilines is 1. The Morgan fingerprint density at radius 3 is 2.20 bits per heavy atom. The quantitative estimate of drug-likeness (QED) is 0.711. The number of carbonyl (C=O) groups excluding carboxylic acids is 2. The van der Waals surface area contributed by atoms with Crippen molar-refractivity contribution in [3.63, 3.8) is 0 Å². The summed E-state index contributed by atoms with van der Waals surface area (Å²) in [5.74, 6) is -0.553. The summed E-state index contributed by atoms with van der Waals surface area (Å²) < 4.78 is 32.7. The molecule has 0 unspecified atom stereocenters.